The molecule has 0 saturated carbocycles. The maximum Gasteiger partial charge on any atom is 0.490 e. The number of carbonyl (C=O) groups is 1. The number of carboxylic acid groups (broad SMARTS) is 1. The molecule has 4 N–H and O–H groups in total. The highest BCUT2D eigenvalue weighted by atomic mass is 32.2. The Morgan fingerprint density at radius 2 is 1.43 bits per heavy atom. The number of hydrogen-bond acceptors (Lipinski definition) is 5. The first-order valence-corrected chi connectivity index (χ1v) is 14.0. The topological polar surface area (TPSA) is 122 Å². The van der Waals surface area contributed by atoms with Crippen LogP contribution in [0.1, 0.15) is 11.1 Å². The number of amidine groups is 1. The van der Waals surface area contributed by atoms with Crippen LogP contribution in [0.4, 0.5) is 43.4 Å². The number of carboxylic acids is 1. The number of nitrogens with two attached hydrogens (primary N) is 1. The van der Waals surface area contributed by atoms with Crippen LogP contribution >= 0.6 is 0 Å². The first kappa shape index (κ1) is 32.0. The monoisotopic (exact) mass is 638 g/mol. The van der Waals surface area contributed by atoms with Crippen LogP contribution in [0, 0.1) is 0 Å². The number of rotatable bonds is 7. The molecule has 4 aromatic rings. The number of fused-ring (bicyclic) bond motifs is 1. The van der Waals surface area contributed by atoms with E-state index in [1.54, 1.807) is 18.2 Å². The minimum absolute atomic E-state index is 0.263. The second-order valence-corrected chi connectivity index (χ2v) is 10.9. The van der Waals surface area contributed by atoms with Crippen LogP contribution in [-0.4, -0.2) is 31.5 Å². The highest BCUT2D eigenvalue weighted by Gasteiger charge is 2.38. The van der Waals surface area contributed by atoms with Gasteiger partial charge in [0.1, 0.15) is 17.2 Å². The number of para-hydroxylation sites is 1. The molecule has 8 nitrogen and oxygen atoms in total. The number of nitrogens with zero attached hydrogens (tertiary/aromatic N) is 1. The maximum atomic E-state index is 12.8. The zero-order valence-corrected chi connectivity index (χ0v) is 23.0. The Hall–Kier alpha value is -4.89. The lowest BCUT2D eigenvalue weighted by Gasteiger charge is -2.10. The number of nitrogens with one attached hydrogen (secondary N) is 1. The lowest BCUT2D eigenvalue weighted by Crippen LogP contribution is -2.81. The van der Waals surface area contributed by atoms with Gasteiger partial charge in [-0.1, -0.05) is 30.3 Å². The number of alkyl halides is 6. The number of benzene rings is 4. The molecule has 0 aromatic heterocycles. The van der Waals surface area contributed by atoms with Gasteiger partial charge in [-0.2, -0.15) is 31.3 Å². The van der Waals surface area contributed by atoms with E-state index < -0.39 is 33.9 Å². The number of anilines is 1. The molecule has 0 spiro atoms. The third-order valence-corrected chi connectivity index (χ3v) is 7.29. The van der Waals surface area contributed by atoms with Crippen LogP contribution < -0.4 is 14.8 Å². The summed E-state index contributed by atoms with van der Waals surface area (Å²) in [6.45, 7) is 0. The summed E-state index contributed by atoms with van der Waals surface area (Å²) in [4.78, 5) is 13.2. The first-order chi connectivity index (χ1) is 20.6. The molecule has 0 aliphatic carbocycles. The Labute approximate surface area is 246 Å². The van der Waals surface area contributed by atoms with Crippen molar-refractivity contribution in [3.63, 3.8) is 0 Å². The third-order valence-electron chi connectivity index (χ3n) is 5.89. The Bertz CT molecular complexity index is 1760. The minimum atomic E-state index is -5.08. The number of hydrogen-bond donors (Lipinski definition) is 3. The molecular formula is C29H22F6N3O5S+. The molecule has 44 heavy (non-hydrogen) atoms. The minimum Gasteiger partial charge on any atom is -0.475 e. The van der Waals surface area contributed by atoms with Crippen LogP contribution in [-0.2, 0) is 27.4 Å². The van der Waals surface area contributed by atoms with Crippen molar-refractivity contribution < 1.29 is 54.7 Å². The van der Waals surface area contributed by atoms with E-state index in [0.717, 1.165) is 52.9 Å². The highest BCUT2D eigenvalue weighted by Crippen LogP contribution is 2.32. The maximum absolute atomic E-state index is 12.8. The fraction of sp³-hybridized carbons (Fsp3) is 0.103. The molecule has 1 aliphatic heterocycles. The van der Waals surface area contributed by atoms with Crippen LogP contribution in [0.5, 0.6) is 11.5 Å². The quantitative estimate of drug-likeness (QED) is 0.160. The van der Waals surface area contributed by atoms with Crippen LogP contribution in [0.15, 0.2) is 107 Å². The van der Waals surface area contributed by atoms with Crippen molar-refractivity contribution in [2.75, 3.05) is 4.72 Å². The fourth-order valence-corrected chi connectivity index (χ4v) is 4.88. The predicted octanol–water partition coefficient (Wildman–Crippen LogP) is 6.41. The summed E-state index contributed by atoms with van der Waals surface area (Å²) in [5.41, 5.74) is 1.83. The first-order valence-electron chi connectivity index (χ1n) is 12.5. The summed E-state index contributed by atoms with van der Waals surface area (Å²) in [5.74, 6) is -0.466. The second-order valence-electron chi connectivity index (χ2n) is 9.19. The Morgan fingerprint density at radius 1 is 0.841 bits per heavy atom. The molecular weight excluding hydrogens is 616 g/mol. The number of aliphatic imine (C=N–C) groups is 1. The van der Waals surface area contributed by atoms with Gasteiger partial charge in [-0.25, -0.2) is 13.2 Å². The molecule has 1 aliphatic rings. The summed E-state index contributed by atoms with van der Waals surface area (Å²) >= 11 is 0. The van der Waals surface area contributed by atoms with Crippen molar-refractivity contribution in [3.05, 3.63) is 108 Å². The fourth-order valence-electron chi connectivity index (χ4n) is 3.83. The number of sulfonamides is 1. The lowest BCUT2D eigenvalue weighted by molar-refractivity contribution is -0.440. The number of quaternary nitrogens is 1. The molecule has 230 valence electrons. The zero-order valence-electron chi connectivity index (χ0n) is 22.2. The van der Waals surface area contributed by atoms with Gasteiger partial charge in [-0.05, 0) is 66.2 Å². The lowest BCUT2D eigenvalue weighted by atomic mass is 10.1. The summed E-state index contributed by atoms with van der Waals surface area (Å²) in [6.07, 6.45) is -9.05. The van der Waals surface area contributed by atoms with Gasteiger partial charge in [0.25, 0.3) is 10.0 Å². The number of halogens is 6. The zero-order chi connectivity index (χ0) is 32.1. The molecule has 0 fully saturated rings. The standard InChI is InChI=1S/C27H20F3N3O3S.C2HF3O2/c28-27(29,30)19-8-13-23(14-9-19)37(34,35)33-20-10-15-24-25(17-20)32-26(31-24)16-18-6-11-22(12-7-18)36-21-4-2-1-3-5-21;3-2(4,5)1(6)7/h1-15,17,33H,16H2,(H,31,32);(H,6,7)/p+1. The predicted molar refractivity (Wildman–Crippen MR) is 148 cm³/mol. The normalized spacial score (nSPS) is 12.8. The summed E-state index contributed by atoms with van der Waals surface area (Å²) in [7, 11) is -4.07. The van der Waals surface area contributed by atoms with Crippen LogP contribution in [0.3, 0.4) is 0 Å². The molecule has 5 rings (SSSR count). The average Bonchev–Trinajstić information content (AvgIpc) is 3.35. The third kappa shape index (κ3) is 8.58. The van der Waals surface area contributed by atoms with Gasteiger partial charge in [-0.15, -0.1) is 0 Å². The average molecular weight is 639 g/mol. The number of ether oxygens (including phenoxy) is 1. The molecule has 0 radical (unpaired) electrons. The van der Waals surface area contributed by atoms with Gasteiger partial charge in [0.15, 0.2) is 5.69 Å². The van der Waals surface area contributed by atoms with Crippen LogP contribution in [0.25, 0.3) is 0 Å². The van der Waals surface area contributed by atoms with Gasteiger partial charge in [-0.3, -0.25) is 10.0 Å². The Morgan fingerprint density at radius 3 is 2.00 bits per heavy atom. The second kappa shape index (κ2) is 12.8. The van der Waals surface area contributed by atoms with Crippen molar-refractivity contribution in [1.82, 2.24) is 0 Å². The van der Waals surface area contributed by atoms with Gasteiger partial charge < -0.3 is 9.84 Å². The number of aliphatic carboxylic acids is 1. The van der Waals surface area contributed by atoms with E-state index in [4.69, 9.17) is 14.6 Å². The molecule has 0 bridgehead atoms. The van der Waals surface area contributed by atoms with Crippen LogP contribution in [0.2, 0.25) is 0 Å². The molecule has 0 saturated heterocycles. The van der Waals surface area contributed by atoms with Gasteiger partial charge in [0, 0.05) is 6.07 Å². The van der Waals surface area contributed by atoms with Gasteiger partial charge >= 0.3 is 18.3 Å². The highest BCUT2D eigenvalue weighted by molar-refractivity contribution is 7.92. The summed E-state index contributed by atoms with van der Waals surface area (Å²) < 4.78 is 104. The molecule has 1 heterocycles. The van der Waals surface area contributed by atoms with E-state index in [-0.39, 0.29) is 10.6 Å². The molecule has 4 aromatic carbocycles. The van der Waals surface area contributed by atoms with Crippen molar-refractivity contribution in [2.45, 2.75) is 23.7 Å². The Kier molecular flexibility index (Phi) is 9.30. The van der Waals surface area contributed by atoms with Crippen molar-refractivity contribution >= 4 is 38.9 Å². The van der Waals surface area contributed by atoms with E-state index in [9.17, 15) is 34.8 Å². The van der Waals surface area contributed by atoms with Gasteiger partial charge in [0.05, 0.1) is 22.6 Å². The molecule has 15 heteroatoms. The van der Waals surface area contributed by atoms with E-state index in [1.807, 2.05) is 59.9 Å². The van der Waals surface area contributed by atoms with E-state index in [2.05, 4.69) is 9.71 Å². The smallest absolute Gasteiger partial charge is 0.475 e. The van der Waals surface area contributed by atoms with Gasteiger partial charge in [0.2, 0.25) is 5.84 Å². The van der Waals surface area contributed by atoms with E-state index >= 15 is 0 Å². The Balaban J connectivity index is 0.000000566. The van der Waals surface area contributed by atoms with Crippen molar-refractivity contribution in [1.29, 1.82) is 0 Å². The van der Waals surface area contributed by atoms with E-state index in [1.165, 1.54) is 0 Å². The van der Waals surface area contributed by atoms with Crippen molar-refractivity contribution in [2.24, 2.45) is 4.99 Å². The largest absolute Gasteiger partial charge is 0.490 e. The summed E-state index contributed by atoms with van der Waals surface area (Å²) in [5, 5.41) is 9.05. The van der Waals surface area contributed by atoms with Crippen molar-refractivity contribution in [3.8, 4) is 11.5 Å². The molecule has 0 amide bonds. The molecule has 0 atom stereocenters. The SMILES string of the molecule is O=C(O)C(F)(F)F.O=S(=O)(Nc1ccc2c(c1)N=C(Cc1ccc(Oc3ccccc3)cc1)[NH2+]2)c1ccc(C(F)(F)F)cc1. The summed E-state index contributed by atoms with van der Waals surface area (Å²) in [6, 6.07) is 25.4. The van der Waals surface area contributed by atoms with E-state index in [0.29, 0.717) is 12.1 Å². The molecule has 0 unspecified atom stereocenters.